The van der Waals surface area contributed by atoms with Crippen LogP contribution in [0, 0.1) is 34.5 Å². The Kier molecular flexibility index (Phi) is 6.31. The van der Waals surface area contributed by atoms with Crippen molar-refractivity contribution >= 4 is 12.0 Å². The van der Waals surface area contributed by atoms with Crippen LogP contribution in [0.3, 0.4) is 0 Å². The van der Waals surface area contributed by atoms with Crippen molar-refractivity contribution < 1.29 is 14.7 Å². The Morgan fingerprint density at radius 2 is 2.07 bits per heavy atom. The summed E-state index contributed by atoms with van der Waals surface area (Å²) in [5.41, 5.74) is 5.37. The Labute approximate surface area is 164 Å². The molecule has 0 spiro atoms. The maximum atomic E-state index is 13.6. The highest BCUT2D eigenvalue weighted by Gasteiger charge is 2.57. The minimum atomic E-state index is -0.265. The molecule has 0 radical (unpaired) electrons. The van der Waals surface area contributed by atoms with E-state index >= 15 is 0 Å². The first-order valence-electron chi connectivity index (χ1n) is 10.9. The molecule has 0 aromatic rings. The highest BCUT2D eigenvalue weighted by molar-refractivity contribution is 5.88. The van der Waals surface area contributed by atoms with Crippen molar-refractivity contribution in [3.63, 3.8) is 0 Å². The van der Waals surface area contributed by atoms with E-state index in [4.69, 9.17) is 10.6 Å². The summed E-state index contributed by atoms with van der Waals surface area (Å²) in [6.07, 6.45) is 9.54. The topological polar surface area (TPSA) is 84.9 Å². The second-order valence-corrected chi connectivity index (χ2v) is 9.79. The number of ketones is 1. The molecule has 3 aliphatic rings. The van der Waals surface area contributed by atoms with E-state index in [9.17, 15) is 9.90 Å². The molecule has 3 saturated carbocycles. The van der Waals surface area contributed by atoms with Crippen LogP contribution in [-0.4, -0.2) is 36.4 Å². The number of Topliss-reactive ketones (excluding diaryl/α,β-unsaturated/α-hetero) is 1. The van der Waals surface area contributed by atoms with Gasteiger partial charge in [0, 0.05) is 24.1 Å². The van der Waals surface area contributed by atoms with Crippen LogP contribution in [0.15, 0.2) is 5.16 Å². The number of rotatable bonds is 6. The fourth-order valence-corrected chi connectivity index (χ4v) is 6.33. The Balaban J connectivity index is 1.68. The zero-order chi connectivity index (χ0) is 19.7. The third kappa shape index (κ3) is 3.82. The predicted molar refractivity (Wildman–Crippen MR) is 107 cm³/mol. The fraction of sp³-hybridized carbons (Fsp3) is 0.909. The molecule has 7 atom stereocenters. The lowest BCUT2D eigenvalue weighted by atomic mass is 9.46. The summed E-state index contributed by atoms with van der Waals surface area (Å²) in [4.78, 5) is 18.7. The Morgan fingerprint density at radius 3 is 2.81 bits per heavy atom. The third-order valence-electron chi connectivity index (χ3n) is 8.44. The number of aliphatic hydroxyl groups is 1. The van der Waals surface area contributed by atoms with Crippen molar-refractivity contribution in [1.82, 2.24) is 0 Å². The number of oxime groups is 1. The molecule has 5 nitrogen and oxygen atoms in total. The quantitative estimate of drug-likeness (QED) is 0.421. The van der Waals surface area contributed by atoms with Gasteiger partial charge < -0.3 is 15.7 Å². The van der Waals surface area contributed by atoms with Crippen molar-refractivity contribution in [3.05, 3.63) is 0 Å². The molecule has 0 saturated heterocycles. The molecule has 0 amide bonds. The van der Waals surface area contributed by atoms with E-state index in [0.29, 0.717) is 30.8 Å². The molecular weight excluding hydrogens is 340 g/mol. The van der Waals surface area contributed by atoms with Gasteiger partial charge in [-0.3, -0.25) is 4.79 Å². The van der Waals surface area contributed by atoms with Gasteiger partial charge in [-0.15, -0.1) is 0 Å². The second kappa shape index (κ2) is 8.20. The lowest BCUT2D eigenvalue weighted by Gasteiger charge is -2.58. The Morgan fingerprint density at radius 1 is 1.30 bits per heavy atom. The van der Waals surface area contributed by atoms with Gasteiger partial charge in [0.1, 0.15) is 12.4 Å². The molecule has 3 N–H and O–H groups in total. The van der Waals surface area contributed by atoms with Crippen LogP contribution in [0.25, 0.3) is 0 Å². The van der Waals surface area contributed by atoms with Crippen LogP contribution in [0.5, 0.6) is 0 Å². The summed E-state index contributed by atoms with van der Waals surface area (Å²) in [5, 5.41) is 14.1. The number of fused-ring (bicyclic) bond motifs is 3. The molecule has 3 rings (SSSR count). The number of nitrogens with zero attached hydrogens (tertiary/aromatic N) is 1. The fourth-order valence-electron chi connectivity index (χ4n) is 6.33. The van der Waals surface area contributed by atoms with Crippen LogP contribution < -0.4 is 5.73 Å². The van der Waals surface area contributed by atoms with Crippen LogP contribution >= 0.6 is 0 Å². The lowest BCUT2D eigenvalue weighted by molar-refractivity contribution is -0.156. The third-order valence-corrected chi connectivity index (χ3v) is 8.44. The van der Waals surface area contributed by atoms with Crippen LogP contribution in [-0.2, 0) is 9.63 Å². The van der Waals surface area contributed by atoms with E-state index in [0.717, 1.165) is 51.4 Å². The van der Waals surface area contributed by atoms with Crippen LogP contribution in [0.4, 0.5) is 0 Å². The summed E-state index contributed by atoms with van der Waals surface area (Å²) in [6.45, 7) is 7.64. The van der Waals surface area contributed by atoms with E-state index < -0.39 is 0 Å². The highest BCUT2D eigenvalue weighted by Crippen LogP contribution is 2.61. The molecule has 5 heteroatoms. The maximum absolute atomic E-state index is 13.6. The molecule has 3 fully saturated rings. The van der Waals surface area contributed by atoms with Gasteiger partial charge in [0.25, 0.3) is 0 Å². The molecule has 154 valence electrons. The van der Waals surface area contributed by atoms with Crippen LogP contribution in [0.2, 0.25) is 0 Å². The molecule has 0 aromatic heterocycles. The molecule has 0 bridgehead atoms. The van der Waals surface area contributed by atoms with Crippen molar-refractivity contribution in [2.24, 2.45) is 45.4 Å². The van der Waals surface area contributed by atoms with E-state index in [1.807, 2.05) is 0 Å². The summed E-state index contributed by atoms with van der Waals surface area (Å²) in [6, 6.07) is 0. The maximum Gasteiger partial charge on any atom is 0.142 e. The molecule has 27 heavy (non-hydrogen) atoms. The monoisotopic (exact) mass is 378 g/mol. The standard InChI is InChI=1S/C22H38N2O3/c1-15(8-12-24-27-13-11-23)21(2)10-7-19-18(20(21)26)5-4-16-14-17(25)6-9-22(16,19)3/h12,15-19,25H,4-11,13-14,23H2,1-3H3/b24-12-/t15-,16+,17-,18+,19-,21+,22-/m0/s1. The van der Waals surface area contributed by atoms with E-state index in [2.05, 4.69) is 25.9 Å². The largest absolute Gasteiger partial charge is 0.395 e. The molecule has 0 aromatic carbocycles. The Bertz CT molecular complexity index is 566. The summed E-state index contributed by atoms with van der Waals surface area (Å²) in [7, 11) is 0. The minimum Gasteiger partial charge on any atom is -0.395 e. The van der Waals surface area contributed by atoms with Gasteiger partial charge in [-0.25, -0.2) is 0 Å². The number of carbonyl (C=O) groups excluding carboxylic acids is 1. The number of aliphatic hydroxyl groups excluding tert-OH is 1. The lowest BCUT2D eigenvalue weighted by Crippen LogP contribution is -2.55. The van der Waals surface area contributed by atoms with E-state index in [1.165, 1.54) is 0 Å². The molecule has 0 aliphatic heterocycles. The van der Waals surface area contributed by atoms with Gasteiger partial charge in [0.15, 0.2) is 0 Å². The van der Waals surface area contributed by atoms with Gasteiger partial charge in [-0.1, -0.05) is 25.9 Å². The van der Waals surface area contributed by atoms with Gasteiger partial charge >= 0.3 is 0 Å². The van der Waals surface area contributed by atoms with Crippen molar-refractivity contribution in [2.75, 3.05) is 13.2 Å². The van der Waals surface area contributed by atoms with Gasteiger partial charge in [-0.05, 0) is 74.5 Å². The number of nitrogens with two attached hydrogens (primary N) is 1. The van der Waals surface area contributed by atoms with Crippen LogP contribution in [0.1, 0.15) is 72.1 Å². The van der Waals surface area contributed by atoms with Gasteiger partial charge in [0.05, 0.1) is 6.10 Å². The average molecular weight is 379 g/mol. The van der Waals surface area contributed by atoms with Crippen molar-refractivity contribution in [1.29, 1.82) is 0 Å². The second-order valence-electron chi connectivity index (χ2n) is 9.79. The first kappa shape index (κ1) is 20.8. The highest BCUT2D eigenvalue weighted by atomic mass is 16.6. The van der Waals surface area contributed by atoms with E-state index in [1.54, 1.807) is 6.21 Å². The summed E-state index contributed by atoms with van der Waals surface area (Å²) >= 11 is 0. The zero-order valence-corrected chi connectivity index (χ0v) is 17.3. The first-order chi connectivity index (χ1) is 12.8. The molecule has 3 aliphatic carbocycles. The normalized spacial score (nSPS) is 43.2. The first-order valence-corrected chi connectivity index (χ1v) is 10.9. The number of hydrogen-bond donors (Lipinski definition) is 2. The van der Waals surface area contributed by atoms with Gasteiger partial charge in [0.2, 0.25) is 0 Å². The Hall–Kier alpha value is -0.940. The number of carbonyl (C=O) groups is 1. The molecule has 0 unspecified atom stereocenters. The van der Waals surface area contributed by atoms with Crippen molar-refractivity contribution in [2.45, 2.75) is 78.2 Å². The van der Waals surface area contributed by atoms with Crippen molar-refractivity contribution in [3.8, 4) is 0 Å². The smallest absolute Gasteiger partial charge is 0.142 e. The number of hydrogen-bond acceptors (Lipinski definition) is 5. The summed E-state index contributed by atoms with van der Waals surface area (Å²) in [5.74, 6) is 2.03. The molecule has 0 heterocycles. The zero-order valence-electron chi connectivity index (χ0n) is 17.3. The predicted octanol–water partition coefficient (Wildman–Crippen LogP) is 3.54. The average Bonchev–Trinajstić information content (AvgIpc) is 2.65. The molecular formula is C22H38N2O3. The minimum absolute atomic E-state index is 0.134. The van der Waals surface area contributed by atoms with E-state index in [-0.39, 0.29) is 28.8 Å². The summed E-state index contributed by atoms with van der Waals surface area (Å²) < 4.78 is 0. The SMILES string of the molecule is C[C@@H](C/C=N\OCCN)[C@@]1(C)CC[C@H]2[C@@H](CC[C@@H]3C[C@@H](O)CC[C@@]32C)C1=O. The van der Waals surface area contributed by atoms with Gasteiger partial charge in [-0.2, -0.15) is 0 Å².